The van der Waals surface area contributed by atoms with Crippen LogP contribution in [0.25, 0.3) is 0 Å². The molecule has 1 saturated heterocycles. The standard InChI is InChI=1S/C11H17N5O5/c1-12-10-8(15(17)18)7-9(16(19)20)11(13(10)2)14-3-5-21-6-4-14/h12H,3-7H2,1-2H3. The Morgan fingerprint density at radius 1 is 1.14 bits per heavy atom. The van der Waals surface area contributed by atoms with Crippen LogP contribution in [0.1, 0.15) is 6.42 Å². The van der Waals surface area contributed by atoms with Crippen LogP contribution < -0.4 is 5.32 Å². The van der Waals surface area contributed by atoms with Gasteiger partial charge in [0.05, 0.1) is 23.1 Å². The summed E-state index contributed by atoms with van der Waals surface area (Å²) in [5, 5.41) is 25.2. The van der Waals surface area contributed by atoms with Crippen molar-refractivity contribution in [2.45, 2.75) is 6.42 Å². The highest BCUT2D eigenvalue weighted by Gasteiger charge is 2.40. The zero-order valence-corrected chi connectivity index (χ0v) is 11.9. The lowest BCUT2D eigenvalue weighted by Crippen LogP contribution is -2.45. The summed E-state index contributed by atoms with van der Waals surface area (Å²) in [5.41, 5.74) is -0.367. The molecule has 0 radical (unpaired) electrons. The van der Waals surface area contributed by atoms with Crippen molar-refractivity contribution in [3.63, 3.8) is 0 Å². The Morgan fingerprint density at radius 2 is 1.71 bits per heavy atom. The molecule has 0 saturated carbocycles. The molecule has 2 aliphatic heterocycles. The topological polar surface area (TPSA) is 114 Å². The summed E-state index contributed by atoms with van der Waals surface area (Å²) in [6, 6.07) is 0. The fraction of sp³-hybridized carbons (Fsp3) is 0.636. The predicted molar refractivity (Wildman–Crippen MR) is 71.9 cm³/mol. The highest BCUT2D eigenvalue weighted by molar-refractivity contribution is 5.25. The average molecular weight is 299 g/mol. The summed E-state index contributed by atoms with van der Waals surface area (Å²) < 4.78 is 5.25. The van der Waals surface area contributed by atoms with E-state index in [9.17, 15) is 20.2 Å². The smallest absolute Gasteiger partial charge is 0.297 e. The molecule has 0 amide bonds. The zero-order chi connectivity index (χ0) is 15.6. The minimum absolute atomic E-state index is 0.162. The highest BCUT2D eigenvalue weighted by atomic mass is 16.6. The van der Waals surface area contributed by atoms with E-state index in [2.05, 4.69) is 5.32 Å². The molecule has 2 aliphatic rings. The molecule has 1 fully saturated rings. The molecule has 2 rings (SSSR count). The van der Waals surface area contributed by atoms with Crippen molar-refractivity contribution in [2.75, 3.05) is 40.4 Å². The first-order valence-corrected chi connectivity index (χ1v) is 6.46. The second-order valence-electron chi connectivity index (χ2n) is 4.67. The molecule has 1 N–H and O–H groups in total. The largest absolute Gasteiger partial charge is 0.378 e. The van der Waals surface area contributed by atoms with Crippen molar-refractivity contribution in [1.29, 1.82) is 0 Å². The molecule has 0 atom stereocenters. The number of hydrogen-bond acceptors (Lipinski definition) is 8. The average Bonchev–Trinajstić information content (AvgIpc) is 2.46. The van der Waals surface area contributed by atoms with Crippen molar-refractivity contribution in [3.8, 4) is 0 Å². The minimum Gasteiger partial charge on any atom is -0.378 e. The molecule has 116 valence electrons. The lowest BCUT2D eigenvalue weighted by atomic mass is 10.1. The molecule has 0 spiro atoms. The van der Waals surface area contributed by atoms with Gasteiger partial charge in [-0.3, -0.25) is 20.2 Å². The van der Waals surface area contributed by atoms with Gasteiger partial charge in [-0.2, -0.15) is 0 Å². The summed E-state index contributed by atoms with van der Waals surface area (Å²) in [7, 11) is 3.15. The van der Waals surface area contributed by atoms with E-state index in [0.717, 1.165) is 0 Å². The van der Waals surface area contributed by atoms with Gasteiger partial charge in [0.1, 0.15) is 6.42 Å². The van der Waals surface area contributed by atoms with Crippen LogP contribution in [0.2, 0.25) is 0 Å². The van der Waals surface area contributed by atoms with E-state index in [1.807, 2.05) is 4.90 Å². The Morgan fingerprint density at radius 3 is 2.19 bits per heavy atom. The number of nitro groups is 2. The third kappa shape index (κ3) is 2.75. The summed E-state index contributed by atoms with van der Waals surface area (Å²) in [4.78, 5) is 24.6. The maximum absolute atomic E-state index is 11.3. The van der Waals surface area contributed by atoms with Crippen molar-refractivity contribution >= 4 is 0 Å². The monoisotopic (exact) mass is 299 g/mol. The van der Waals surface area contributed by atoms with Crippen molar-refractivity contribution in [3.05, 3.63) is 43.3 Å². The molecule has 0 unspecified atom stereocenters. The van der Waals surface area contributed by atoms with Crippen molar-refractivity contribution in [1.82, 2.24) is 15.1 Å². The van der Waals surface area contributed by atoms with Crippen LogP contribution in [0.4, 0.5) is 0 Å². The van der Waals surface area contributed by atoms with Crippen LogP contribution in [0.3, 0.4) is 0 Å². The molecule has 0 aliphatic carbocycles. The number of nitrogens with one attached hydrogen (secondary N) is 1. The zero-order valence-electron chi connectivity index (χ0n) is 11.9. The van der Waals surface area contributed by atoms with Gasteiger partial charge < -0.3 is 19.9 Å². The van der Waals surface area contributed by atoms with Gasteiger partial charge in [0.15, 0.2) is 11.6 Å². The molecule has 0 bridgehead atoms. The summed E-state index contributed by atoms with van der Waals surface area (Å²) in [6.07, 6.45) is -0.312. The fourth-order valence-electron chi connectivity index (χ4n) is 2.59. The van der Waals surface area contributed by atoms with Crippen molar-refractivity contribution < 1.29 is 14.6 Å². The molecule has 21 heavy (non-hydrogen) atoms. The minimum atomic E-state index is -0.581. The van der Waals surface area contributed by atoms with Crippen molar-refractivity contribution in [2.24, 2.45) is 0 Å². The SMILES string of the molecule is CNC1=C([N+](=O)[O-])CC([N+](=O)[O-])=C(N2CCOCC2)N1C. The van der Waals surface area contributed by atoms with Gasteiger partial charge in [-0.1, -0.05) is 0 Å². The molecule has 0 aromatic rings. The normalized spacial score (nSPS) is 19.9. The molecular weight excluding hydrogens is 282 g/mol. The molecule has 2 heterocycles. The Bertz CT molecular complexity index is 523. The first-order chi connectivity index (χ1) is 9.97. The second kappa shape index (κ2) is 5.95. The Kier molecular flexibility index (Phi) is 4.26. The summed E-state index contributed by atoms with van der Waals surface area (Å²) >= 11 is 0. The maximum Gasteiger partial charge on any atom is 0.297 e. The lowest BCUT2D eigenvalue weighted by Gasteiger charge is -2.37. The van der Waals surface area contributed by atoms with E-state index in [1.54, 1.807) is 14.1 Å². The Labute approximate surface area is 120 Å². The number of nitrogens with zero attached hydrogens (tertiary/aromatic N) is 4. The quantitative estimate of drug-likeness (QED) is 0.559. The van der Waals surface area contributed by atoms with E-state index in [1.165, 1.54) is 4.90 Å². The van der Waals surface area contributed by atoms with Crippen LogP contribution >= 0.6 is 0 Å². The first-order valence-electron chi connectivity index (χ1n) is 6.46. The van der Waals surface area contributed by atoms with Gasteiger partial charge in [0, 0.05) is 27.2 Å². The summed E-state index contributed by atoms with van der Waals surface area (Å²) in [6.45, 7) is 1.98. The van der Waals surface area contributed by atoms with E-state index in [4.69, 9.17) is 4.74 Å². The number of ether oxygens (including phenoxy) is 1. The first kappa shape index (κ1) is 15.0. The van der Waals surface area contributed by atoms with Crippen LogP contribution in [0.5, 0.6) is 0 Å². The van der Waals surface area contributed by atoms with Gasteiger partial charge in [0.2, 0.25) is 0 Å². The van der Waals surface area contributed by atoms with Gasteiger partial charge in [-0.05, 0) is 0 Å². The molecule has 10 nitrogen and oxygen atoms in total. The third-order valence-electron chi connectivity index (χ3n) is 3.51. The summed E-state index contributed by atoms with van der Waals surface area (Å²) in [5.74, 6) is 0.658. The number of rotatable bonds is 4. The van der Waals surface area contributed by atoms with Crippen LogP contribution in [0, 0.1) is 20.2 Å². The van der Waals surface area contributed by atoms with E-state index >= 15 is 0 Å². The van der Waals surface area contributed by atoms with Gasteiger partial charge in [0.25, 0.3) is 11.4 Å². The van der Waals surface area contributed by atoms with Gasteiger partial charge in [-0.15, -0.1) is 0 Å². The van der Waals surface area contributed by atoms with E-state index < -0.39 is 9.85 Å². The Balaban J connectivity index is 2.45. The Hall–Kier alpha value is -2.36. The van der Waals surface area contributed by atoms with E-state index in [0.29, 0.717) is 32.1 Å². The van der Waals surface area contributed by atoms with Crippen LogP contribution in [-0.4, -0.2) is 60.0 Å². The molecular formula is C11H17N5O5. The highest BCUT2D eigenvalue weighted by Crippen LogP contribution is 2.31. The fourth-order valence-corrected chi connectivity index (χ4v) is 2.59. The molecule has 0 aromatic carbocycles. The van der Waals surface area contributed by atoms with Gasteiger partial charge in [-0.25, -0.2) is 0 Å². The number of morpholine rings is 1. The second-order valence-corrected chi connectivity index (χ2v) is 4.67. The third-order valence-corrected chi connectivity index (χ3v) is 3.51. The maximum atomic E-state index is 11.3. The van der Waals surface area contributed by atoms with Gasteiger partial charge >= 0.3 is 0 Å². The lowest BCUT2D eigenvalue weighted by molar-refractivity contribution is -0.455. The van der Waals surface area contributed by atoms with E-state index in [-0.39, 0.29) is 23.6 Å². The predicted octanol–water partition coefficient (Wildman–Crippen LogP) is -0.235. The van der Waals surface area contributed by atoms with Crippen LogP contribution in [-0.2, 0) is 4.74 Å². The van der Waals surface area contributed by atoms with Crippen LogP contribution in [0.15, 0.2) is 23.0 Å². The number of hydrogen-bond donors (Lipinski definition) is 1. The molecule has 0 aromatic heterocycles. The molecule has 10 heteroatoms.